The van der Waals surface area contributed by atoms with Crippen molar-refractivity contribution in [1.29, 1.82) is 0 Å². The molecule has 0 unspecified atom stereocenters. The van der Waals surface area contributed by atoms with Gasteiger partial charge in [-0.1, -0.05) is 49.4 Å². The fourth-order valence-electron chi connectivity index (χ4n) is 2.69. The third-order valence-electron chi connectivity index (χ3n) is 3.65. The molecule has 2 rings (SSSR count). The molecule has 0 saturated heterocycles. The third kappa shape index (κ3) is 4.55. The molecular weight excluding hydrogens is 282 g/mol. The molecule has 2 aromatic carbocycles. The van der Waals surface area contributed by atoms with E-state index < -0.39 is 9.84 Å². The summed E-state index contributed by atoms with van der Waals surface area (Å²) in [4.78, 5) is 0. The van der Waals surface area contributed by atoms with Crippen LogP contribution in [0.4, 0.5) is 0 Å². The lowest BCUT2D eigenvalue weighted by molar-refractivity contribution is 0.493. The molecule has 0 spiro atoms. The summed E-state index contributed by atoms with van der Waals surface area (Å²) in [5.74, 6) is 0.333. The molecule has 0 fully saturated rings. The van der Waals surface area contributed by atoms with E-state index in [1.807, 2.05) is 19.1 Å². The Morgan fingerprint density at radius 1 is 1.05 bits per heavy atom. The number of hydrogen-bond donors (Lipinski definition) is 1. The molecule has 0 aliphatic rings. The number of nitrogens with one attached hydrogen (secondary N) is 1. The molecule has 0 amide bonds. The van der Waals surface area contributed by atoms with E-state index in [4.69, 9.17) is 0 Å². The molecule has 21 heavy (non-hydrogen) atoms. The summed E-state index contributed by atoms with van der Waals surface area (Å²) in [6.45, 7) is 4.77. The van der Waals surface area contributed by atoms with Crippen molar-refractivity contribution in [1.82, 2.24) is 5.32 Å². The van der Waals surface area contributed by atoms with Gasteiger partial charge in [0.25, 0.3) is 0 Å². The number of fused-ring (bicyclic) bond motifs is 1. The van der Waals surface area contributed by atoms with E-state index in [0.717, 1.165) is 0 Å². The van der Waals surface area contributed by atoms with Crippen LogP contribution in [0.5, 0.6) is 0 Å². The second kappa shape index (κ2) is 6.58. The van der Waals surface area contributed by atoms with E-state index in [9.17, 15) is 8.42 Å². The van der Waals surface area contributed by atoms with Gasteiger partial charge in [0.2, 0.25) is 0 Å². The van der Waals surface area contributed by atoms with Crippen molar-refractivity contribution in [2.75, 3.05) is 18.6 Å². The van der Waals surface area contributed by atoms with Crippen LogP contribution in [-0.4, -0.2) is 27.0 Å². The fraction of sp³-hybridized carbons (Fsp3) is 0.412. The van der Waals surface area contributed by atoms with Gasteiger partial charge < -0.3 is 5.32 Å². The molecular formula is C17H23NO2S. The number of sulfone groups is 1. The molecule has 0 aliphatic heterocycles. The summed E-state index contributed by atoms with van der Waals surface area (Å²) in [6, 6.07) is 14.8. The third-order valence-corrected chi connectivity index (χ3v) is 4.82. The topological polar surface area (TPSA) is 46.2 Å². The normalized spacial score (nSPS) is 15.0. The highest BCUT2D eigenvalue weighted by molar-refractivity contribution is 7.90. The lowest BCUT2D eigenvalue weighted by Gasteiger charge is -2.19. The Morgan fingerprint density at radius 3 is 2.43 bits per heavy atom. The van der Waals surface area contributed by atoms with Crippen LogP contribution in [0.3, 0.4) is 0 Å². The number of hydrogen-bond acceptors (Lipinski definition) is 3. The first-order valence-corrected chi connectivity index (χ1v) is 9.31. The summed E-state index contributed by atoms with van der Waals surface area (Å²) < 4.78 is 22.6. The van der Waals surface area contributed by atoms with Gasteiger partial charge in [0.15, 0.2) is 0 Å². The van der Waals surface area contributed by atoms with Gasteiger partial charge in [-0.2, -0.15) is 0 Å². The molecule has 0 aromatic heterocycles. The lowest BCUT2D eigenvalue weighted by Crippen LogP contribution is -2.28. The average Bonchev–Trinajstić information content (AvgIpc) is 2.42. The summed E-state index contributed by atoms with van der Waals surface area (Å²) >= 11 is 0. The van der Waals surface area contributed by atoms with Gasteiger partial charge in [-0.25, -0.2) is 8.42 Å². The highest BCUT2D eigenvalue weighted by Crippen LogP contribution is 2.24. The van der Waals surface area contributed by atoms with Crippen molar-refractivity contribution < 1.29 is 8.42 Å². The van der Waals surface area contributed by atoms with Crippen molar-refractivity contribution in [3.8, 4) is 0 Å². The zero-order chi connectivity index (χ0) is 15.5. The van der Waals surface area contributed by atoms with Crippen LogP contribution < -0.4 is 5.32 Å². The van der Waals surface area contributed by atoms with Crippen LogP contribution in [-0.2, 0) is 9.84 Å². The van der Waals surface area contributed by atoms with Gasteiger partial charge >= 0.3 is 0 Å². The van der Waals surface area contributed by atoms with Gasteiger partial charge in [-0.3, -0.25) is 0 Å². The molecule has 3 nitrogen and oxygen atoms in total. The Kier molecular flexibility index (Phi) is 5.01. The zero-order valence-corrected chi connectivity index (χ0v) is 13.7. The van der Waals surface area contributed by atoms with Crippen LogP contribution in [0.1, 0.15) is 25.5 Å². The van der Waals surface area contributed by atoms with Crippen LogP contribution in [0.25, 0.3) is 10.8 Å². The van der Waals surface area contributed by atoms with Crippen molar-refractivity contribution in [3.63, 3.8) is 0 Å². The van der Waals surface area contributed by atoms with Crippen molar-refractivity contribution in [2.24, 2.45) is 5.92 Å². The molecule has 4 heteroatoms. The predicted molar refractivity (Wildman–Crippen MR) is 89.2 cm³/mol. The Balaban J connectivity index is 2.07. The molecule has 2 aromatic rings. The maximum Gasteiger partial charge on any atom is 0.147 e. The fourth-order valence-corrected chi connectivity index (χ4v) is 3.84. The summed E-state index contributed by atoms with van der Waals surface area (Å²) in [5, 5.41) is 5.92. The van der Waals surface area contributed by atoms with Crippen molar-refractivity contribution >= 4 is 20.6 Å². The van der Waals surface area contributed by atoms with Crippen LogP contribution in [0.15, 0.2) is 42.5 Å². The van der Waals surface area contributed by atoms with Gasteiger partial charge in [-0.05, 0) is 35.7 Å². The lowest BCUT2D eigenvalue weighted by atomic mass is 9.99. The maximum atomic E-state index is 11.3. The van der Waals surface area contributed by atoms with Gasteiger partial charge in [0.1, 0.15) is 9.84 Å². The van der Waals surface area contributed by atoms with Crippen LogP contribution in [0, 0.1) is 5.92 Å². The molecule has 0 radical (unpaired) electrons. The smallest absolute Gasteiger partial charge is 0.147 e. The van der Waals surface area contributed by atoms with Gasteiger partial charge in [0, 0.05) is 12.3 Å². The minimum atomic E-state index is -2.91. The number of rotatable bonds is 6. The van der Waals surface area contributed by atoms with E-state index in [1.54, 1.807) is 0 Å². The van der Waals surface area contributed by atoms with Crippen LogP contribution >= 0.6 is 0 Å². The molecule has 0 aliphatic carbocycles. The monoisotopic (exact) mass is 305 g/mol. The zero-order valence-electron chi connectivity index (χ0n) is 12.8. The van der Waals surface area contributed by atoms with E-state index in [0.29, 0.717) is 6.54 Å². The Morgan fingerprint density at radius 2 is 1.71 bits per heavy atom. The Hall–Kier alpha value is -1.39. The highest BCUT2D eigenvalue weighted by atomic mass is 32.2. The van der Waals surface area contributed by atoms with E-state index in [-0.39, 0.29) is 17.7 Å². The minimum Gasteiger partial charge on any atom is -0.310 e. The Labute approximate surface area is 127 Å². The Bertz CT molecular complexity index is 704. The van der Waals surface area contributed by atoms with E-state index >= 15 is 0 Å². The van der Waals surface area contributed by atoms with Gasteiger partial charge in [-0.15, -0.1) is 0 Å². The summed E-state index contributed by atoms with van der Waals surface area (Å²) in [7, 11) is -2.91. The molecule has 0 bridgehead atoms. The molecule has 0 heterocycles. The van der Waals surface area contributed by atoms with E-state index in [2.05, 4.69) is 42.6 Å². The summed E-state index contributed by atoms with van der Waals surface area (Å²) in [5.41, 5.74) is 1.25. The quantitative estimate of drug-likeness (QED) is 0.891. The first-order chi connectivity index (χ1) is 9.87. The predicted octanol–water partition coefficient (Wildman–Crippen LogP) is 3.17. The largest absolute Gasteiger partial charge is 0.310 e. The molecule has 114 valence electrons. The highest BCUT2D eigenvalue weighted by Gasteiger charge is 2.13. The molecule has 2 atom stereocenters. The molecule has 1 N–H and O–H groups in total. The summed E-state index contributed by atoms with van der Waals surface area (Å²) in [6.07, 6.45) is 1.29. The molecule has 0 saturated carbocycles. The van der Waals surface area contributed by atoms with Gasteiger partial charge in [0.05, 0.1) is 5.75 Å². The number of benzene rings is 2. The van der Waals surface area contributed by atoms with Crippen molar-refractivity contribution in [3.05, 3.63) is 48.0 Å². The average molecular weight is 305 g/mol. The van der Waals surface area contributed by atoms with Crippen molar-refractivity contribution in [2.45, 2.75) is 19.9 Å². The van der Waals surface area contributed by atoms with E-state index in [1.165, 1.54) is 22.6 Å². The second-order valence-corrected chi connectivity index (χ2v) is 8.08. The standard InChI is InChI=1S/C17H23NO2S/c1-13(12-21(3,19)20)11-18-14(2)16-10-6-8-15-7-4-5-9-17(15)16/h4-10,13-14,18H,11-12H2,1-3H3/t13-,14+/m1/s1. The first kappa shape index (κ1) is 16.0. The van der Waals surface area contributed by atoms with Crippen LogP contribution in [0.2, 0.25) is 0 Å². The maximum absolute atomic E-state index is 11.3. The second-order valence-electron chi connectivity index (χ2n) is 5.90. The SMILES string of the molecule is C[C@H](CN[C@@H](C)c1cccc2ccccc12)CS(C)(=O)=O. The first-order valence-electron chi connectivity index (χ1n) is 7.25. The minimum absolute atomic E-state index is 0.109.